The molecule has 1 amide bonds. The highest BCUT2D eigenvalue weighted by Crippen LogP contribution is 2.41. The normalized spacial score (nSPS) is 18.6. The van der Waals surface area contributed by atoms with Crippen LogP contribution in [0.4, 0.5) is 14.5 Å². The monoisotopic (exact) mass is 543 g/mol. The minimum absolute atomic E-state index is 0.0432. The summed E-state index contributed by atoms with van der Waals surface area (Å²) in [6.07, 6.45) is 4.15. The number of benzene rings is 1. The molecule has 1 fully saturated rings. The number of carbonyl (C=O) groups is 1. The van der Waals surface area contributed by atoms with E-state index in [-0.39, 0.29) is 23.3 Å². The second kappa shape index (κ2) is 11.4. The average Bonchev–Trinajstić information content (AvgIpc) is 2.92. The van der Waals surface area contributed by atoms with E-state index in [9.17, 15) is 19.0 Å². The van der Waals surface area contributed by atoms with Crippen molar-refractivity contribution in [2.45, 2.75) is 51.5 Å². The number of pyridine rings is 1. The third-order valence-electron chi connectivity index (χ3n) is 7.61. The highest BCUT2D eigenvalue weighted by Gasteiger charge is 2.31. The Morgan fingerprint density at radius 3 is 2.71 bits per heavy atom. The third-order valence-corrected chi connectivity index (χ3v) is 7.91. The SMILES string of the molecule is CC(=O)N1CCC(NC2CCOCC2)=C(C(=N)N2CCCc3cc(-c4ccncc4Cl)c(C(F)F)cc32)C1. The molecule has 4 heterocycles. The van der Waals surface area contributed by atoms with Crippen LogP contribution in [0, 0.1) is 5.41 Å². The van der Waals surface area contributed by atoms with Gasteiger partial charge in [0.25, 0.3) is 6.43 Å². The van der Waals surface area contributed by atoms with Gasteiger partial charge in [0.2, 0.25) is 5.91 Å². The summed E-state index contributed by atoms with van der Waals surface area (Å²) in [4.78, 5) is 19.8. The lowest BCUT2D eigenvalue weighted by molar-refractivity contribution is -0.128. The molecule has 3 aliphatic rings. The molecular weight excluding hydrogens is 512 g/mol. The Bertz CT molecular complexity index is 1260. The molecule has 0 radical (unpaired) electrons. The largest absolute Gasteiger partial charge is 0.385 e. The molecule has 0 atom stereocenters. The van der Waals surface area contributed by atoms with E-state index in [1.54, 1.807) is 23.2 Å². The number of rotatable bonds is 5. The number of aromatic nitrogens is 1. The fraction of sp³-hybridized carbons (Fsp3) is 0.464. The van der Waals surface area contributed by atoms with Gasteiger partial charge < -0.3 is 19.9 Å². The summed E-state index contributed by atoms with van der Waals surface area (Å²) >= 11 is 6.33. The van der Waals surface area contributed by atoms with Gasteiger partial charge in [0.05, 0.1) is 11.6 Å². The molecule has 7 nitrogen and oxygen atoms in total. The second-order valence-electron chi connectivity index (χ2n) is 10.0. The predicted molar refractivity (Wildman–Crippen MR) is 144 cm³/mol. The molecule has 202 valence electrons. The van der Waals surface area contributed by atoms with E-state index in [0.717, 1.165) is 36.1 Å². The highest BCUT2D eigenvalue weighted by molar-refractivity contribution is 6.33. The number of amides is 1. The molecule has 0 spiro atoms. The van der Waals surface area contributed by atoms with E-state index in [4.69, 9.17) is 16.3 Å². The van der Waals surface area contributed by atoms with Gasteiger partial charge in [-0.2, -0.15) is 0 Å². The topological polar surface area (TPSA) is 81.6 Å². The molecule has 2 N–H and O–H groups in total. The van der Waals surface area contributed by atoms with Crippen LogP contribution in [0.5, 0.6) is 0 Å². The lowest BCUT2D eigenvalue weighted by Gasteiger charge is -2.38. The van der Waals surface area contributed by atoms with Crippen LogP contribution >= 0.6 is 11.6 Å². The van der Waals surface area contributed by atoms with Gasteiger partial charge in [-0.3, -0.25) is 15.2 Å². The van der Waals surface area contributed by atoms with E-state index in [1.165, 1.54) is 19.2 Å². The number of nitrogens with zero attached hydrogens (tertiary/aromatic N) is 3. The number of halogens is 3. The van der Waals surface area contributed by atoms with Crippen LogP contribution in [0.2, 0.25) is 5.02 Å². The maximum atomic E-state index is 14.4. The molecule has 38 heavy (non-hydrogen) atoms. The van der Waals surface area contributed by atoms with E-state index >= 15 is 0 Å². The molecule has 10 heteroatoms. The number of hydrogen-bond acceptors (Lipinski definition) is 5. The van der Waals surface area contributed by atoms with Gasteiger partial charge in [0.15, 0.2) is 0 Å². The number of carbonyl (C=O) groups excluding carboxylic acids is 1. The summed E-state index contributed by atoms with van der Waals surface area (Å²) in [5.74, 6) is 0.208. The van der Waals surface area contributed by atoms with Crippen LogP contribution < -0.4 is 10.2 Å². The molecule has 5 rings (SSSR count). The number of anilines is 1. The van der Waals surface area contributed by atoms with Crippen molar-refractivity contribution in [1.82, 2.24) is 15.2 Å². The second-order valence-corrected chi connectivity index (χ2v) is 10.4. The summed E-state index contributed by atoms with van der Waals surface area (Å²) in [6, 6.07) is 5.20. The van der Waals surface area contributed by atoms with Gasteiger partial charge in [0.1, 0.15) is 5.84 Å². The van der Waals surface area contributed by atoms with Crippen LogP contribution in [0.1, 0.15) is 50.2 Å². The number of nitrogens with one attached hydrogen (secondary N) is 2. The number of amidine groups is 1. The van der Waals surface area contributed by atoms with Crippen molar-refractivity contribution in [1.29, 1.82) is 5.41 Å². The summed E-state index contributed by atoms with van der Waals surface area (Å²) in [6.45, 7) is 4.36. The van der Waals surface area contributed by atoms with Gasteiger partial charge in [-0.25, -0.2) is 8.78 Å². The summed E-state index contributed by atoms with van der Waals surface area (Å²) in [5, 5.41) is 13.2. The molecule has 1 saturated heterocycles. The van der Waals surface area contributed by atoms with E-state index in [0.29, 0.717) is 67.5 Å². The molecule has 0 saturated carbocycles. The average molecular weight is 544 g/mol. The Kier molecular flexibility index (Phi) is 7.95. The number of aryl methyl sites for hydroxylation is 1. The molecule has 0 unspecified atom stereocenters. The van der Waals surface area contributed by atoms with Crippen LogP contribution in [-0.4, -0.2) is 60.5 Å². The third kappa shape index (κ3) is 5.40. The Morgan fingerprint density at radius 2 is 2.00 bits per heavy atom. The van der Waals surface area contributed by atoms with E-state index in [2.05, 4.69) is 10.3 Å². The zero-order chi connectivity index (χ0) is 26.8. The minimum atomic E-state index is -2.72. The standard InChI is InChI=1S/C28H32ClF2N5O2/c1-17(37)35-10-5-25(34-19-6-11-38-12-7-19)23(16-35)28(32)36-9-2-3-18-13-21(20-4-8-33-15-24(20)29)22(27(30)31)14-26(18)36/h4,8,13-15,19,27,32,34H,2-3,5-7,9-12,16H2,1H3. The maximum Gasteiger partial charge on any atom is 0.264 e. The molecule has 1 aromatic carbocycles. The zero-order valence-corrected chi connectivity index (χ0v) is 22.2. The Balaban J connectivity index is 1.53. The van der Waals surface area contributed by atoms with E-state index in [1.807, 2.05) is 4.90 Å². The Labute approximate surface area is 226 Å². The lowest BCUT2D eigenvalue weighted by atomic mass is 9.91. The fourth-order valence-electron chi connectivity index (χ4n) is 5.55. The van der Waals surface area contributed by atoms with Crippen molar-refractivity contribution in [3.63, 3.8) is 0 Å². The smallest absolute Gasteiger partial charge is 0.264 e. The van der Waals surface area contributed by atoms with Gasteiger partial charge in [-0.15, -0.1) is 0 Å². The van der Waals surface area contributed by atoms with Crippen LogP contribution in [-0.2, 0) is 16.0 Å². The molecule has 2 aromatic rings. The molecule has 0 aliphatic carbocycles. The van der Waals surface area contributed by atoms with Crippen LogP contribution in [0.15, 0.2) is 41.9 Å². The van der Waals surface area contributed by atoms with Crippen LogP contribution in [0.25, 0.3) is 11.1 Å². The van der Waals surface area contributed by atoms with Gasteiger partial charge in [0, 0.05) is 86.2 Å². The fourth-order valence-corrected chi connectivity index (χ4v) is 5.77. The Hall–Kier alpha value is -3.04. The summed E-state index contributed by atoms with van der Waals surface area (Å²) in [7, 11) is 0. The maximum absolute atomic E-state index is 14.4. The van der Waals surface area contributed by atoms with Crippen molar-refractivity contribution in [3.05, 3.63) is 58.0 Å². The predicted octanol–water partition coefficient (Wildman–Crippen LogP) is 5.34. The number of hydrogen-bond donors (Lipinski definition) is 2. The molecule has 0 bridgehead atoms. The first kappa shape index (κ1) is 26.6. The van der Waals surface area contributed by atoms with Crippen LogP contribution in [0.3, 0.4) is 0 Å². The van der Waals surface area contributed by atoms with Gasteiger partial charge >= 0.3 is 0 Å². The minimum Gasteiger partial charge on any atom is -0.385 e. The van der Waals surface area contributed by atoms with Crippen molar-refractivity contribution in [2.24, 2.45) is 0 Å². The molecule has 3 aliphatic heterocycles. The first-order valence-corrected chi connectivity index (χ1v) is 13.4. The summed E-state index contributed by atoms with van der Waals surface area (Å²) < 4.78 is 34.2. The number of ether oxygens (including phenoxy) is 1. The highest BCUT2D eigenvalue weighted by atomic mass is 35.5. The van der Waals surface area contributed by atoms with Crippen molar-refractivity contribution >= 4 is 29.0 Å². The van der Waals surface area contributed by atoms with Crippen molar-refractivity contribution < 1.29 is 18.3 Å². The summed E-state index contributed by atoms with van der Waals surface area (Å²) in [5.41, 5.74) is 3.99. The number of alkyl halides is 2. The Morgan fingerprint density at radius 1 is 1.21 bits per heavy atom. The van der Waals surface area contributed by atoms with Crippen molar-refractivity contribution in [2.75, 3.05) is 37.7 Å². The molecule has 1 aromatic heterocycles. The van der Waals surface area contributed by atoms with Crippen molar-refractivity contribution in [3.8, 4) is 11.1 Å². The van der Waals surface area contributed by atoms with Gasteiger partial charge in [-0.05, 0) is 55.0 Å². The first-order valence-electron chi connectivity index (χ1n) is 13.1. The lowest BCUT2D eigenvalue weighted by Crippen LogP contribution is -2.46. The first-order chi connectivity index (χ1) is 18.3. The van der Waals surface area contributed by atoms with E-state index < -0.39 is 6.43 Å². The number of fused-ring (bicyclic) bond motifs is 1. The zero-order valence-electron chi connectivity index (χ0n) is 21.4. The quantitative estimate of drug-likeness (QED) is 0.393. The van der Waals surface area contributed by atoms with Gasteiger partial charge in [-0.1, -0.05) is 11.6 Å². The molecular formula is C28H32ClF2N5O2.